The number of unbranched alkanes of at least 4 members (excludes halogenated alkanes) is 12. The summed E-state index contributed by atoms with van der Waals surface area (Å²) < 4.78 is 6.29. The molecule has 2 heteroatoms. The third-order valence-corrected chi connectivity index (χ3v) is 17.0. The van der Waals surface area contributed by atoms with Crippen molar-refractivity contribution in [2.24, 2.45) is 62.6 Å². The highest BCUT2D eigenvalue weighted by Gasteiger charge is 2.70. The lowest BCUT2D eigenvalue weighted by molar-refractivity contribution is -0.230. The van der Waals surface area contributed by atoms with Crippen molar-refractivity contribution in [3.63, 3.8) is 0 Å². The van der Waals surface area contributed by atoms with Crippen LogP contribution in [0, 0.1) is 62.6 Å². The quantitative estimate of drug-likeness (QED) is 0.121. The molecule has 0 amide bonds. The van der Waals surface area contributed by atoms with Crippen LogP contribution in [0.5, 0.6) is 0 Å². The third-order valence-electron chi connectivity index (χ3n) is 17.0. The average molecular weight is 665 g/mol. The summed E-state index contributed by atoms with van der Waals surface area (Å²) in [6, 6.07) is 0. The van der Waals surface area contributed by atoms with E-state index in [0.29, 0.717) is 28.6 Å². The minimum absolute atomic E-state index is 0.0104. The Morgan fingerprint density at radius 2 is 1.31 bits per heavy atom. The van der Waals surface area contributed by atoms with E-state index in [1.165, 1.54) is 122 Å². The van der Waals surface area contributed by atoms with Crippen LogP contribution in [0.3, 0.4) is 0 Å². The van der Waals surface area contributed by atoms with Gasteiger partial charge in [0.25, 0.3) is 0 Å². The standard InChI is InChI=1S/C46H80O2/c1-10-11-12-13-14-15-16-17-18-19-20-21-22-23-40(47)48-39-28-30-44(7)37(42(39,4)5)27-31-46(9)38(44)25-24-36-41-35(34(2)3)26-29-43(41,6)32-33-45(36,46)8/h28,34-38,41H,10-27,29-33H2,1-9H3/t35-,36+,37-,38?,41+,43+,44-,45+,46+/m0/s1. The maximum Gasteiger partial charge on any atom is 0.310 e. The van der Waals surface area contributed by atoms with Gasteiger partial charge in [-0.2, -0.15) is 0 Å². The van der Waals surface area contributed by atoms with Crippen LogP contribution in [-0.2, 0) is 9.53 Å². The van der Waals surface area contributed by atoms with Gasteiger partial charge in [0.05, 0.1) is 0 Å². The van der Waals surface area contributed by atoms with E-state index in [9.17, 15) is 4.79 Å². The number of hydrogen-bond acceptors (Lipinski definition) is 2. The molecule has 0 aromatic heterocycles. The molecule has 48 heavy (non-hydrogen) atoms. The second kappa shape index (κ2) is 15.4. The highest BCUT2D eigenvalue weighted by atomic mass is 16.5. The van der Waals surface area contributed by atoms with E-state index in [-0.39, 0.29) is 16.8 Å². The molecular weight excluding hydrogens is 585 g/mol. The number of hydrogen-bond donors (Lipinski definition) is 0. The van der Waals surface area contributed by atoms with Gasteiger partial charge in [0.2, 0.25) is 0 Å². The molecule has 5 aliphatic rings. The topological polar surface area (TPSA) is 26.3 Å². The summed E-state index contributed by atoms with van der Waals surface area (Å²) in [6.45, 7) is 23.0. The van der Waals surface area contributed by atoms with Gasteiger partial charge in [-0.25, -0.2) is 0 Å². The first-order valence-electron chi connectivity index (χ1n) is 21.7. The van der Waals surface area contributed by atoms with Crippen molar-refractivity contribution < 1.29 is 9.53 Å². The maximum atomic E-state index is 13.1. The van der Waals surface area contributed by atoms with Crippen LogP contribution in [0.1, 0.15) is 210 Å². The average Bonchev–Trinajstić information content (AvgIpc) is 3.39. The van der Waals surface area contributed by atoms with Crippen LogP contribution in [0.2, 0.25) is 0 Å². The van der Waals surface area contributed by atoms with E-state index in [1.807, 2.05) is 0 Å². The van der Waals surface area contributed by atoms with Crippen LogP contribution in [0.15, 0.2) is 11.8 Å². The molecule has 0 bridgehead atoms. The Balaban J connectivity index is 1.13. The summed E-state index contributed by atoms with van der Waals surface area (Å²) >= 11 is 0. The molecule has 0 radical (unpaired) electrons. The zero-order valence-corrected chi connectivity index (χ0v) is 33.6. The van der Waals surface area contributed by atoms with Crippen LogP contribution in [0.25, 0.3) is 0 Å². The lowest BCUT2D eigenvalue weighted by Crippen LogP contribution is -2.65. The van der Waals surface area contributed by atoms with Gasteiger partial charge in [0.15, 0.2) is 0 Å². The first-order valence-corrected chi connectivity index (χ1v) is 21.7. The molecule has 2 nitrogen and oxygen atoms in total. The summed E-state index contributed by atoms with van der Waals surface area (Å²) in [5.74, 6) is 5.88. The molecule has 4 saturated carbocycles. The SMILES string of the molecule is CCCCCCCCCCCCCCCC(=O)OC1=CC[C@]2(C)C3CC[C@@H]4[C@H]5[C@H](C(C)C)CC[C@]5(C)CC[C@@]4(C)[C@]3(C)CC[C@H]2C1(C)C. The summed E-state index contributed by atoms with van der Waals surface area (Å²) in [7, 11) is 0. The molecule has 0 aliphatic heterocycles. The molecular formula is C46H80O2. The van der Waals surface area contributed by atoms with E-state index >= 15 is 0 Å². The molecule has 0 spiro atoms. The molecule has 0 aromatic rings. The Morgan fingerprint density at radius 1 is 0.708 bits per heavy atom. The second-order valence-electron chi connectivity index (χ2n) is 20.3. The Bertz CT molecular complexity index is 1100. The van der Waals surface area contributed by atoms with E-state index in [4.69, 9.17) is 4.74 Å². The van der Waals surface area contributed by atoms with Crippen LogP contribution in [-0.4, -0.2) is 5.97 Å². The van der Waals surface area contributed by atoms with Crippen molar-refractivity contribution in [2.75, 3.05) is 0 Å². The van der Waals surface area contributed by atoms with Crippen molar-refractivity contribution in [3.05, 3.63) is 11.8 Å². The van der Waals surface area contributed by atoms with E-state index in [2.05, 4.69) is 68.4 Å². The highest BCUT2D eigenvalue weighted by molar-refractivity contribution is 5.70. The number of fused-ring (bicyclic) bond motifs is 7. The van der Waals surface area contributed by atoms with Gasteiger partial charge in [0, 0.05) is 11.8 Å². The van der Waals surface area contributed by atoms with Crippen molar-refractivity contribution in [1.29, 1.82) is 0 Å². The lowest BCUT2D eigenvalue weighted by atomic mass is 9.32. The van der Waals surface area contributed by atoms with E-state index in [0.717, 1.165) is 54.6 Å². The van der Waals surface area contributed by atoms with Crippen molar-refractivity contribution in [2.45, 2.75) is 210 Å². The summed E-state index contributed by atoms with van der Waals surface area (Å²) in [6.07, 6.45) is 32.6. The second-order valence-corrected chi connectivity index (χ2v) is 20.3. The molecule has 5 rings (SSSR count). The molecule has 0 N–H and O–H groups in total. The highest BCUT2D eigenvalue weighted by Crippen LogP contribution is 2.77. The Kier molecular flexibility index (Phi) is 12.4. The number of ether oxygens (including phenoxy) is 1. The number of rotatable bonds is 16. The molecule has 0 saturated heterocycles. The fourth-order valence-corrected chi connectivity index (χ4v) is 14.0. The maximum absolute atomic E-state index is 13.1. The third kappa shape index (κ3) is 7.14. The summed E-state index contributed by atoms with van der Waals surface area (Å²) in [5, 5.41) is 0. The van der Waals surface area contributed by atoms with Crippen molar-refractivity contribution in [3.8, 4) is 0 Å². The Morgan fingerprint density at radius 3 is 1.92 bits per heavy atom. The van der Waals surface area contributed by atoms with Gasteiger partial charge in [-0.3, -0.25) is 4.79 Å². The number of carbonyl (C=O) groups is 1. The Labute approximate surface area is 299 Å². The fourth-order valence-electron chi connectivity index (χ4n) is 14.0. The molecule has 1 unspecified atom stereocenters. The van der Waals surface area contributed by atoms with Crippen molar-refractivity contribution >= 4 is 5.97 Å². The van der Waals surface area contributed by atoms with Gasteiger partial charge in [-0.15, -0.1) is 0 Å². The van der Waals surface area contributed by atoms with Gasteiger partial charge < -0.3 is 4.74 Å². The van der Waals surface area contributed by atoms with E-state index < -0.39 is 0 Å². The van der Waals surface area contributed by atoms with Crippen LogP contribution < -0.4 is 0 Å². The molecule has 9 atom stereocenters. The first kappa shape index (κ1) is 38.4. The van der Waals surface area contributed by atoms with Crippen molar-refractivity contribution in [1.82, 2.24) is 0 Å². The van der Waals surface area contributed by atoms with Crippen LogP contribution >= 0.6 is 0 Å². The Hall–Kier alpha value is -0.790. The van der Waals surface area contributed by atoms with E-state index in [1.54, 1.807) is 0 Å². The normalized spacial score (nSPS) is 40.0. The number of carbonyl (C=O) groups excluding carboxylic acids is 1. The molecule has 0 heterocycles. The largest absolute Gasteiger partial charge is 0.431 e. The minimum atomic E-state index is -0.0862. The predicted molar refractivity (Wildman–Crippen MR) is 205 cm³/mol. The van der Waals surface area contributed by atoms with Gasteiger partial charge in [-0.05, 0) is 127 Å². The zero-order valence-electron chi connectivity index (χ0n) is 33.6. The monoisotopic (exact) mass is 665 g/mol. The predicted octanol–water partition coefficient (Wildman–Crippen LogP) is 14.3. The van der Waals surface area contributed by atoms with Gasteiger partial charge >= 0.3 is 5.97 Å². The fraction of sp³-hybridized carbons (Fsp3) is 0.935. The molecule has 0 aromatic carbocycles. The van der Waals surface area contributed by atoms with Crippen LogP contribution in [0.4, 0.5) is 0 Å². The zero-order chi connectivity index (χ0) is 34.8. The molecule has 5 aliphatic carbocycles. The van der Waals surface area contributed by atoms with Gasteiger partial charge in [-0.1, -0.05) is 139 Å². The van der Waals surface area contributed by atoms with Gasteiger partial charge in [0.1, 0.15) is 5.76 Å². The lowest BCUT2D eigenvalue weighted by Gasteiger charge is -2.72. The minimum Gasteiger partial charge on any atom is -0.431 e. The molecule has 276 valence electrons. The molecule has 4 fully saturated rings. The smallest absolute Gasteiger partial charge is 0.310 e. The summed E-state index contributed by atoms with van der Waals surface area (Å²) in [4.78, 5) is 13.1. The number of esters is 1. The first-order chi connectivity index (χ1) is 22.7. The summed E-state index contributed by atoms with van der Waals surface area (Å²) in [5.41, 5.74) is 1.62. The number of allylic oxidation sites excluding steroid dienone is 2.